The molecule has 1 unspecified atom stereocenters. The number of primary amides is 1. The van der Waals surface area contributed by atoms with Crippen LogP contribution >= 0.6 is 0 Å². The molecule has 1 heterocycles. The normalized spacial score (nSPS) is 15.3. The number of hydrogen-bond donors (Lipinski definition) is 2. The first-order valence-electron chi connectivity index (χ1n) is 11.3. The number of benzene rings is 3. The third kappa shape index (κ3) is 5.48. The molecule has 1 atom stereocenters. The molecule has 0 aromatic heterocycles. The first-order chi connectivity index (χ1) is 15.6. The van der Waals surface area contributed by atoms with E-state index in [9.17, 15) is 4.79 Å². The van der Waals surface area contributed by atoms with Crippen molar-refractivity contribution in [1.29, 1.82) is 0 Å². The Morgan fingerprint density at radius 2 is 1.66 bits per heavy atom. The lowest BCUT2D eigenvalue weighted by atomic mass is 10.0. The summed E-state index contributed by atoms with van der Waals surface area (Å²) in [5.74, 6) is -0.403. The van der Waals surface area contributed by atoms with Gasteiger partial charge in [-0.2, -0.15) is 0 Å². The van der Waals surface area contributed by atoms with Gasteiger partial charge in [-0.3, -0.25) is 9.69 Å². The number of carbonyl (C=O) groups is 1. The first-order valence-corrected chi connectivity index (χ1v) is 11.3. The summed E-state index contributed by atoms with van der Waals surface area (Å²) in [5, 5.41) is 3.51. The SMILES string of the molecule is Cc1cccc(CC(CNc2ccccc2C(N)=O)N2CCN(c3ccccc3)CC2)c1. The van der Waals surface area contributed by atoms with Crippen molar-refractivity contribution in [3.8, 4) is 0 Å². The molecule has 3 aromatic carbocycles. The number of amides is 1. The molecule has 4 rings (SSSR count). The van der Waals surface area contributed by atoms with Gasteiger partial charge in [0.2, 0.25) is 0 Å². The van der Waals surface area contributed by atoms with Gasteiger partial charge in [-0.05, 0) is 43.2 Å². The minimum absolute atomic E-state index is 0.315. The van der Waals surface area contributed by atoms with Crippen molar-refractivity contribution < 1.29 is 4.79 Å². The average molecular weight is 429 g/mol. The van der Waals surface area contributed by atoms with E-state index in [0.717, 1.165) is 44.8 Å². The van der Waals surface area contributed by atoms with Crippen molar-refractivity contribution in [2.24, 2.45) is 5.73 Å². The summed E-state index contributed by atoms with van der Waals surface area (Å²) in [5.41, 5.74) is 10.8. The van der Waals surface area contributed by atoms with Gasteiger partial charge in [-0.25, -0.2) is 0 Å². The minimum atomic E-state index is -0.403. The summed E-state index contributed by atoms with van der Waals surface area (Å²) in [6.45, 7) is 6.91. The lowest BCUT2D eigenvalue weighted by Crippen LogP contribution is -2.53. The highest BCUT2D eigenvalue weighted by Gasteiger charge is 2.24. The van der Waals surface area contributed by atoms with E-state index in [2.05, 4.69) is 76.6 Å². The van der Waals surface area contributed by atoms with Gasteiger partial charge in [-0.15, -0.1) is 0 Å². The quantitative estimate of drug-likeness (QED) is 0.571. The molecule has 1 amide bonds. The lowest BCUT2D eigenvalue weighted by Gasteiger charge is -2.40. The van der Waals surface area contributed by atoms with Gasteiger partial charge in [0.05, 0.1) is 5.56 Å². The van der Waals surface area contributed by atoms with Gasteiger partial charge >= 0.3 is 0 Å². The van der Waals surface area contributed by atoms with Crippen molar-refractivity contribution in [2.75, 3.05) is 42.9 Å². The summed E-state index contributed by atoms with van der Waals surface area (Å²) in [6.07, 6.45) is 0.957. The lowest BCUT2D eigenvalue weighted by molar-refractivity contribution is 0.100. The Hall–Kier alpha value is -3.31. The molecular formula is C27H32N4O. The third-order valence-corrected chi connectivity index (χ3v) is 6.23. The molecule has 0 aliphatic carbocycles. The van der Waals surface area contributed by atoms with Crippen LogP contribution in [0.5, 0.6) is 0 Å². The molecule has 1 fully saturated rings. The Morgan fingerprint density at radius 1 is 0.938 bits per heavy atom. The maximum Gasteiger partial charge on any atom is 0.250 e. The molecule has 1 saturated heterocycles. The summed E-state index contributed by atoms with van der Waals surface area (Å²) in [6, 6.07) is 27.2. The van der Waals surface area contributed by atoms with Crippen LogP contribution in [0.15, 0.2) is 78.9 Å². The van der Waals surface area contributed by atoms with E-state index in [1.54, 1.807) is 6.07 Å². The maximum atomic E-state index is 11.8. The third-order valence-electron chi connectivity index (χ3n) is 6.23. The van der Waals surface area contributed by atoms with Gasteiger partial charge in [-0.1, -0.05) is 60.2 Å². The highest BCUT2D eigenvalue weighted by molar-refractivity contribution is 5.98. The van der Waals surface area contributed by atoms with E-state index in [4.69, 9.17) is 5.73 Å². The van der Waals surface area contributed by atoms with Crippen molar-refractivity contribution in [3.05, 3.63) is 95.6 Å². The molecule has 0 radical (unpaired) electrons. The fourth-order valence-electron chi connectivity index (χ4n) is 4.51. The van der Waals surface area contributed by atoms with Crippen LogP contribution < -0.4 is 16.0 Å². The van der Waals surface area contributed by atoms with E-state index >= 15 is 0 Å². The average Bonchev–Trinajstić information content (AvgIpc) is 2.82. The van der Waals surface area contributed by atoms with Crippen molar-refractivity contribution >= 4 is 17.3 Å². The Labute approximate surface area is 190 Å². The molecule has 5 nitrogen and oxygen atoms in total. The van der Waals surface area contributed by atoms with Gasteiger partial charge in [0, 0.05) is 50.1 Å². The molecule has 3 aromatic rings. The Bertz CT molecular complexity index is 1030. The molecule has 0 bridgehead atoms. The summed E-state index contributed by atoms with van der Waals surface area (Å²) in [7, 11) is 0. The number of carbonyl (C=O) groups excluding carboxylic acids is 1. The van der Waals surface area contributed by atoms with Crippen LogP contribution in [0.4, 0.5) is 11.4 Å². The molecule has 32 heavy (non-hydrogen) atoms. The van der Waals surface area contributed by atoms with Crippen LogP contribution in [0.3, 0.4) is 0 Å². The number of para-hydroxylation sites is 2. The van der Waals surface area contributed by atoms with E-state index < -0.39 is 5.91 Å². The largest absolute Gasteiger partial charge is 0.383 e. The van der Waals surface area contributed by atoms with Crippen molar-refractivity contribution in [1.82, 2.24) is 4.90 Å². The number of nitrogens with zero attached hydrogens (tertiary/aromatic N) is 2. The highest BCUT2D eigenvalue weighted by atomic mass is 16.1. The molecule has 5 heteroatoms. The zero-order chi connectivity index (χ0) is 22.3. The molecule has 1 aliphatic rings. The van der Waals surface area contributed by atoms with Crippen LogP contribution in [0.1, 0.15) is 21.5 Å². The molecule has 0 saturated carbocycles. The predicted molar refractivity (Wildman–Crippen MR) is 132 cm³/mol. The molecular weight excluding hydrogens is 396 g/mol. The minimum Gasteiger partial charge on any atom is -0.383 e. The van der Waals surface area contributed by atoms with E-state index in [0.29, 0.717) is 11.6 Å². The van der Waals surface area contributed by atoms with Crippen molar-refractivity contribution in [3.63, 3.8) is 0 Å². The number of nitrogens with two attached hydrogens (primary N) is 1. The Kier molecular flexibility index (Phi) is 7.07. The second-order valence-corrected chi connectivity index (χ2v) is 8.50. The summed E-state index contributed by atoms with van der Waals surface area (Å²) in [4.78, 5) is 16.9. The molecule has 1 aliphatic heterocycles. The number of piperazine rings is 1. The molecule has 166 valence electrons. The zero-order valence-electron chi connectivity index (χ0n) is 18.7. The Morgan fingerprint density at radius 3 is 2.38 bits per heavy atom. The second-order valence-electron chi connectivity index (χ2n) is 8.50. The first kappa shape index (κ1) is 21.9. The fourth-order valence-corrected chi connectivity index (χ4v) is 4.51. The molecule has 0 spiro atoms. The van der Waals surface area contributed by atoms with Gasteiger partial charge < -0.3 is 16.0 Å². The topological polar surface area (TPSA) is 61.6 Å². The summed E-state index contributed by atoms with van der Waals surface area (Å²) < 4.78 is 0. The van der Waals surface area contributed by atoms with Crippen LogP contribution in [-0.4, -0.2) is 49.6 Å². The van der Waals surface area contributed by atoms with E-state index in [-0.39, 0.29) is 0 Å². The highest BCUT2D eigenvalue weighted by Crippen LogP contribution is 2.20. The number of aryl methyl sites for hydroxylation is 1. The molecule has 3 N–H and O–H groups in total. The van der Waals surface area contributed by atoms with Gasteiger partial charge in [0.15, 0.2) is 0 Å². The number of nitrogens with one attached hydrogen (secondary N) is 1. The number of hydrogen-bond acceptors (Lipinski definition) is 4. The van der Waals surface area contributed by atoms with E-state index in [1.165, 1.54) is 16.8 Å². The monoisotopic (exact) mass is 428 g/mol. The number of rotatable bonds is 8. The van der Waals surface area contributed by atoms with Crippen LogP contribution in [0.2, 0.25) is 0 Å². The second kappa shape index (κ2) is 10.3. The van der Waals surface area contributed by atoms with E-state index in [1.807, 2.05) is 18.2 Å². The van der Waals surface area contributed by atoms with Crippen LogP contribution in [0.25, 0.3) is 0 Å². The predicted octanol–water partition coefficient (Wildman–Crippen LogP) is 3.94. The fraction of sp³-hybridized carbons (Fsp3) is 0.296. The standard InChI is InChI=1S/C27H32N4O/c1-21-8-7-9-22(18-21)19-24(20-29-26-13-6-5-12-25(26)27(28)32)31-16-14-30(15-17-31)23-10-3-2-4-11-23/h2-13,18,24,29H,14-17,19-20H2,1H3,(H2,28,32). The Balaban J connectivity index is 1.47. The van der Waals surface area contributed by atoms with Crippen LogP contribution in [-0.2, 0) is 6.42 Å². The number of anilines is 2. The smallest absolute Gasteiger partial charge is 0.250 e. The van der Waals surface area contributed by atoms with Gasteiger partial charge in [0.1, 0.15) is 0 Å². The van der Waals surface area contributed by atoms with Crippen molar-refractivity contribution in [2.45, 2.75) is 19.4 Å². The van der Waals surface area contributed by atoms with Crippen LogP contribution in [0, 0.1) is 6.92 Å². The maximum absolute atomic E-state index is 11.8. The summed E-state index contributed by atoms with van der Waals surface area (Å²) >= 11 is 0. The van der Waals surface area contributed by atoms with Gasteiger partial charge in [0.25, 0.3) is 5.91 Å². The zero-order valence-corrected chi connectivity index (χ0v) is 18.7.